The summed E-state index contributed by atoms with van der Waals surface area (Å²) in [6, 6.07) is 0. The lowest BCUT2D eigenvalue weighted by atomic mass is 10.4. The Morgan fingerprint density at radius 3 is 2.87 bits per heavy atom. The first-order chi connectivity index (χ1) is 6.90. The molecule has 7 heteroatoms. The highest BCUT2D eigenvalue weighted by molar-refractivity contribution is 7.90. The van der Waals surface area contributed by atoms with Crippen LogP contribution >= 0.6 is 12.2 Å². The standard InChI is InChI=1S/C8H13N3O2S2/c1-15(12,13)6-2-4-11-5-3-10-8(11)7(9)14/h3,5H,2,4,6H2,1H3,(H2,9,14). The van der Waals surface area contributed by atoms with Crippen molar-refractivity contribution in [1.82, 2.24) is 9.55 Å². The van der Waals surface area contributed by atoms with Crippen LogP contribution in [0.5, 0.6) is 0 Å². The number of nitrogens with zero attached hydrogens (tertiary/aromatic N) is 2. The van der Waals surface area contributed by atoms with Crippen LogP contribution < -0.4 is 5.73 Å². The van der Waals surface area contributed by atoms with E-state index < -0.39 is 9.84 Å². The monoisotopic (exact) mass is 247 g/mol. The Kier molecular flexibility index (Phi) is 3.81. The van der Waals surface area contributed by atoms with Crippen LogP contribution in [0.2, 0.25) is 0 Å². The van der Waals surface area contributed by atoms with Crippen LogP contribution in [0.15, 0.2) is 12.4 Å². The summed E-state index contributed by atoms with van der Waals surface area (Å²) in [7, 11) is -2.91. The first-order valence-corrected chi connectivity index (χ1v) is 6.85. The molecular weight excluding hydrogens is 234 g/mol. The maximum absolute atomic E-state index is 10.9. The summed E-state index contributed by atoms with van der Waals surface area (Å²) in [6.07, 6.45) is 5.08. The van der Waals surface area contributed by atoms with Crippen LogP contribution in [0.1, 0.15) is 12.2 Å². The summed E-state index contributed by atoms with van der Waals surface area (Å²) >= 11 is 4.80. The van der Waals surface area contributed by atoms with Crippen molar-refractivity contribution in [2.45, 2.75) is 13.0 Å². The predicted octanol–water partition coefficient (Wildman–Crippen LogP) is -0.0480. The van der Waals surface area contributed by atoms with Gasteiger partial charge in [-0.2, -0.15) is 0 Å². The molecule has 0 aromatic carbocycles. The average Bonchev–Trinajstić information content (AvgIpc) is 2.49. The van der Waals surface area contributed by atoms with Gasteiger partial charge in [-0.1, -0.05) is 12.2 Å². The lowest BCUT2D eigenvalue weighted by molar-refractivity contribution is 0.591. The highest BCUT2D eigenvalue weighted by Gasteiger charge is 2.06. The molecule has 1 rings (SSSR count). The molecule has 0 aliphatic carbocycles. The number of nitrogens with two attached hydrogens (primary N) is 1. The number of rotatable bonds is 5. The van der Waals surface area contributed by atoms with E-state index in [1.165, 1.54) is 6.26 Å². The highest BCUT2D eigenvalue weighted by Crippen LogP contribution is 2.00. The van der Waals surface area contributed by atoms with Gasteiger partial charge in [-0.3, -0.25) is 0 Å². The van der Waals surface area contributed by atoms with Crippen LogP contribution in [-0.2, 0) is 16.4 Å². The second kappa shape index (κ2) is 4.71. The van der Waals surface area contributed by atoms with Gasteiger partial charge in [0.15, 0.2) is 5.82 Å². The van der Waals surface area contributed by atoms with Crippen LogP contribution in [0.25, 0.3) is 0 Å². The molecule has 0 aliphatic rings. The Bertz CT molecular complexity index is 450. The van der Waals surface area contributed by atoms with E-state index in [4.69, 9.17) is 18.0 Å². The molecule has 0 amide bonds. The van der Waals surface area contributed by atoms with Gasteiger partial charge in [0.1, 0.15) is 14.8 Å². The van der Waals surface area contributed by atoms with Gasteiger partial charge < -0.3 is 10.3 Å². The minimum Gasteiger partial charge on any atom is -0.387 e. The van der Waals surface area contributed by atoms with Crippen molar-refractivity contribution in [1.29, 1.82) is 0 Å². The molecule has 0 spiro atoms. The predicted molar refractivity (Wildman–Crippen MR) is 62.4 cm³/mol. The van der Waals surface area contributed by atoms with Gasteiger partial charge in [0.2, 0.25) is 0 Å². The third kappa shape index (κ3) is 3.96. The molecule has 0 fully saturated rings. The first-order valence-electron chi connectivity index (χ1n) is 4.39. The zero-order valence-electron chi connectivity index (χ0n) is 8.38. The molecule has 1 heterocycles. The average molecular weight is 247 g/mol. The molecule has 0 atom stereocenters. The number of hydrogen-bond donors (Lipinski definition) is 1. The van der Waals surface area contributed by atoms with E-state index in [9.17, 15) is 8.42 Å². The summed E-state index contributed by atoms with van der Waals surface area (Å²) in [6.45, 7) is 0.555. The molecule has 1 aromatic heterocycles. The molecular formula is C8H13N3O2S2. The minimum atomic E-state index is -2.91. The molecule has 1 aromatic rings. The van der Waals surface area contributed by atoms with Crippen molar-refractivity contribution < 1.29 is 8.42 Å². The van der Waals surface area contributed by atoms with Crippen LogP contribution in [-0.4, -0.2) is 35.0 Å². The van der Waals surface area contributed by atoms with Crippen LogP contribution in [0, 0.1) is 0 Å². The number of thiocarbonyl (C=S) groups is 1. The Hall–Kier alpha value is -0.950. The van der Waals surface area contributed by atoms with E-state index in [0.717, 1.165) is 0 Å². The molecule has 0 saturated heterocycles. The first kappa shape index (κ1) is 12.1. The minimum absolute atomic E-state index is 0.155. The number of hydrogen-bond acceptors (Lipinski definition) is 4. The van der Waals surface area contributed by atoms with E-state index in [0.29, 0.717) is 18.8 Å². The molecule has 0 aliphatic heterocycles. The lowest BCUT2D eigenvalue weighted by Gasteiger charge is -2.05. The Labute approximate surface area is 94.2 Å². The van der Waals surface area contributed by atoms with E-state index in [2.05, 4.69) is 4.98 Å². The van der Waals surface area contributed by atoms with Crippen molar-refractivity contribution in [3.8, 4) is 0 Å². The van der Waals surface area contributed by atoms with Gasteiger partial charge in [-0.05, 0) is 6.42 Å². The summed E-state index contributed by atoms with van der Waals surface area (Å²) in [5.41, 5.74) is 5.45. The van der Waals surface area contributed by atoms with Crippen LogP contribution in [0.4, 0.5) is 0 Å². The van der Waals surface area contributed by atoms with E-state index in [1.807, 2.05) is 0 Å². The third-order valence-corrected chi connectivity index (χ3v) is 3.06. The largest absolute Gasteiger partial charge is 0.387 e. The third-order valence-electron chi connectivity index (χ3n) is 1.85. The van der Waals surface area contributed by atoms with E-state index in [-0.39, 0.29) is 10.7 Å². The summed E-state index contributed by atoms with van der Waals surface area (Å²) < 4.78 is 23.6. The van der Waals surface area contributed by atoms with Crippen molar-refractivity contribution in [2.75, 3.05) is 12.0 Å². The highest BCUT2D eigenvalue weighted by atomic mass is 32.2. The molecule has 0 radical (unpaired) electrons. The normalized spacial score (nSPS) is 11.5. The number of aromatic nitrogens is 2. The Morgan fingerprint density at radius 1 is 1.67 bits per heavy atom. The van der Waals surface area contributed by atoms with Gasteiger partial charge in [-0.25, -0.2) is 13.4 Å². The number of aryl methyl sites for hydroxylation is 1. The summed E-state index contributed by atoms with van der Waals surface area (Å²) in [4.78, 5) is 4.20. The number of sulfone groups is 1. The fraction of sp³-hybridized carbons (Fsp3) is 0.500. The quantitative estimate of drug-likeness (QED) is 0.738. The van der Waals surface area contributed by atoms with Crippen molar-refractivity contribution in [3.05, 3.63) is 18.2 Å². The Morgan fingerprint density at radius 2 is 2.33 bits per heavy atom. The zero-order chi connectivity index (χ0) is 11.5. The molecule has 5 nitrogen and oxygen atoms in total. The molecule has 0 unspecified atom stereocenters. The second-order valence-corrected chi connectivity index (χ2v) is 5.99. The fourth-order valence-corrected chi connectivity index (χ4v) is 2.04. The maximum atomic E-state index is 10.9. The van der Waals surface area contributed by atoms with Crippen LogP contribution in [0.3, 0.4) is 0 Å². The molecule has 0 bridgehead atoms. The Balaban J connectivity index is 2.58. The SMILES string of the molecule is CS(=O)(=O)CCCn1ccnc1C(N)=S. The molecule has 15 heavy (non-hydrogen) atoms. The van der Waals surface area contributed by atoms with Gasteiger partial charge in [0, 0.05) is 25.2 Å². The smallest absolute Gasteiger partial charge is 0.167 e. The summed E-state index contributed by atoms with van der Waals surface area (Å²) in [5.74, 6) is 0.681. The van der Waals surface area contributed by atoms with Gasteiger partial charge in [-0.15, -0.1) is 0 Å². The number of imidazole rings is 1. The van der Waals surface area contributed by atoms with E-state index >= 15 is 0 Å². The second-order valence-electron chi connectivity index (χ2n) is 3.29. The van der Waals surface area contributed by atoms with Crippen molar-refractivity contribution in [2.24, 2.45) is 5.73 Å². The van der Waals surface area contributed by atoms with E-state index in [1.54, 1.807) is 17.0 Å². The van der Waals surface area contributed by atoms with Gasteiger partial charge >= 0.3 is 0 Å². The fourth-order valence-electron chi connectivity index (χ4n) is 1.21. The molecule has 0 saturated carbocycles. The van der Waals surface area contributed by atoms with Crippen molar-refractivity contribution >= 4 is 27.0 Å². The van der Waals surface area contributed by atoms with Crippen molar-refractivity contribution in [3.63, 3.8) is 0 Å². The zero-order valence-corrected chi connectivity index (χ0v) is 10.0. The summed E-state index contributed by atoms with van der Waals surface area (Å²) in [5, 5.41) is 0. The molecule has 84 valence electrons. The maximum Gasteiger partial charge on any atom is 0.167 e. The lowest BCUT2D eigenvalue weighted by Crippen LogP contribution is -2.17. The van der Waals surface area contributed by atoms with Gasteiger partial charge in [0.25, 0.3) is 0 Å². The molecule has 2 N–H and O–H groups in total. The topological polar surface area (TPSA) is 78.0 Å². The van der Waals surface area contributed by atoms with Gasteiger partial charge in [0.05, 0.1) is 5.75 Å².